The van der Waals surface area contributed by atoms with Crippen molar-refractivity contribution in [2.45, 2.75) is 19.4 Å². The lowest BCUT2D eigenvalue weighted by atomic mass is 9.92. The van der Waals surface area contributed by atoms with Crippen LogP contribution in [0.5, 0.6) is 0 Å². The van der Waals surface area contributed by atoms with Crippen molar-refractivity contribution in [1.82, 2.24) is 5.32 Å². The van der Waals surface area contributed by atoms with Gasteiger partial charge in [0, 0.05) is 18.6 Å². The van der Waals surface area contributed by atoms with Crippen molar-refractivity contribution in [2.24, 2.45) is 5.92 Å². The Morgan fingerprint density at radius 1 is 1.59 bits per heavy atom. The van der Waals surface area contributed by atoms with Crippen LogP contribution in [-0.2, 0) is 4.74 Å². The summed E-state index contributed by atoms with van der Waals surface area (Å²) in [6, 6.07) is 5.13. The fourth-order valence-corrected chi connectivity index (χ4v) is 2.49. The van der Waals surface area contributed by atoms with E-state index in [9.17, 15) is 4.39 Å². The van der Waals surface area contributed by atoms with E-state index in [1.165, 1.54) is 6.07 Å². The second-order valence-electron chi connectivity index (χ2n) is 4.33. The number of hydrogen-bond donors (Lipinski definition) is 1. The monoisotopic (exact) mass is 257 g/mol. The first-order valence-electron chi connectivity index (χ1n) is 5.98. The minimum atomic E-state index is -0.367. The summed E-state index contributed by atoms with van der Waals surface area (Å²) in [7, 11) is 0. The second-order valence-corrected chi connectivity index (χ2v) is 4.74. The number of benzene rings is 1. The Hall–Kier alpha value is -0.640. The van der Waals surface area contributed by atoms with Gasteiger partial charge in [-0.1, -0.05) is 24.6 Å². The van der Waals surface area contributed by atoms with E-state index in [0.29, 0.717) is 5.92 Å². The van der Waals surface area contributed by atoms with E-state index in [-0.39, 0.29) is 16.9 Å². The molecule has 1 fully saturated rings. The standard InChI is InChI=1S/C13H17ClFNO/c1-2-16-13(10-5-6-17-8-10)9-3-4-12(15)11(14)7-9/h3-4,7,10,13,16H,2,5-6,8H2,1H3. The minimum Gasteiger partial charge on any atom is -0.381 e. The summed E-state index contributed by atoms with van der Waals surface area (Å²) in [5.74, 6) is 0.0739. The van der Waals surface area contributed by atoms with Crippen molar-refractivity contribution in [3.8, 4) is 0 Å². The first-order chi connectivity index (χ1) is 8.22. The number of hydrogen-bond acceptors (Lipinski definition) is 2. The third kappa shape index (κ3) is 2.97. The molecule has 0 spiro atoms. The summed E-state index contributed by atoms with van der Waals surface area (Å²) in [4.78, 5) is 0. The van der Waals surface area contributed by atoms with Crippen LogP contribution in [0.1, 0.15) is 24.9 Å². The van der Waals surface area contributed by atoms with Gasteiger partial charge in [0.05, 0.1) is 11.6 Å². The first kappa shape index (κ1) is 12.8. The van der Waals surface area contributed by atoms with Crippen molar-refractivity contribution >= 4 is 11.6 Å². The lowest BCUT2D eigenvalue weighted by Crippen LogP contribution is -2.28. The third-order valence-corrected chi connectivity index (χ3v) is 3.45. The van der Waals surface area contributed by atoms with Crippen LogP contribution in [0.15, 0.2) is 18.2 Å². The van der Waals surface area contributed by atoms with Crippen LogP contribution in [0, 0.1) is 11.7 Å². The zero-order chi connectivity index (χ0) is 12.3. The molecule has 0 radical (unpaired) electrons. The highest BCUT2D eigenvalue weighted by Crippen LogP contribution is 2.30. The Morgan fingerprint density at radius 2 is 2.41 bits per heavy atom. The maximum absolute atomic E-state index is 13.1. The number of rotatable bonds is 4. The van der Waals surface area contributed by atoms with Gasteiger partial charge in [-0.25, -0.2) is 4.39 Å². The molecule has 1 aliphatic heterocycles. The molecular formula is C13H17ClFNO. The minimum absolute atomic E-state index is 0.185. The van der Waals surface area contributed by atoms with E-state index < -0.39 is 0 Å². The Balaban J connectivity index is 2.21. The average Bonchev–Trinajstić information content (AvgIpc) is 2.83. The van der Waals surface area contributed by atoms with Crippen molar-refractivity contribution in [3.63, 3.8) is 0 Å². The van der Waals surface area contributed by atoms with Gasteiger partial charge in [0.15, 0.2) is 0 Å². The molecule has 0 aromatic heterocycles. The summed E-state index contributed by atoms with van der Waals surface area (Å²) >= 11 is 5.83. The molecule has 1 aromatic carbocycles. The molecule has 2 rings (SSSR count). The highest BCUT2D eigenvalue weighted by molar-refractivity contribution is 6.30. The van der Waals surface area contributed by atoms with Crippen molar-refractivity contribution in [3.05, 3.63) is 34.6 Å². The van der Waals surface area contributed by atoms with Crippen LogP contribution in [0.4, 0.5) is 4.39 Å². The quantitative estimate of drug-likeness (QED) is 0.895. The van der Waals surface area contributed by atoms with E-state index >= 15 is 0 Å². The van der Waals surface area contributed by atoms with Crippen LogP contribution in [-0.4, -0.2) is 19.8 Å². The van der Waals surface area contributed by atoms with Crippen LogP contribution < -0.4 is 5.32 Å². The van der Waals surface area contributed by atoms with Crippen LogP contribution in [0.2, 0.25) is 5.02 Å². The largest absolute Gasteiger partial charge is 0.381 e. The third-order valence-electron chi connectivity index (χ3n) is 3.16. The Labute approximate surface area is 106 Å². The van der Waals surface area contributed by atoms with E-state index in [1.54, 1.807) is 12.1 Å². The lowest BCUT2D eigenvalue weighted by Gasteiger charge is -2.24. The summed E-state index contributed by atoms with van der Waals surface area (Å²) in [6.07, 6.45) is 1.03. The van der Waals surface area contributed by atoms with Crippen molar-refractivity contribution in [2.75, 3.05) is 19.8 Å². The highest BCUT2D eigenvalue weighted by atomic mass is 35.5. The maximum Gasteiger partial charge on any atom is 0.141 e. The molecule has 2 unspecified atom stereocenters. The Morgan fingerprint density at radius 3 is 3.00 bits per heavy atom. The zero-order valence-corrected chi connectivity index (χ0v) is 10.6. The van der Waals surface area contributed by atoms with Gasteiger partial charge in [0.1, 0.15) is 5.82 Å². The fraction of sp³-hybridized carbons (Fsp3) is 0.538. The van der Waals surface area contributed by atoms with Gasteiger partial charge >= 0.3 is 0 Å². The normalized spacial score (nSPS) is 21.7. The lowest BCUT2D eigenvalue weighted by molar-refractivity contribution is 0.177. The molecule has 17 heavy (non-hydrogen) atoms. The summed E-state index contributed by atoms with van der Waals surface area (Å²) in [5, 5.41) is 3.61. The fourth-order valence-electron chi connectivity index (χ4n) is 2.30. The van der Waals surface area contributed by atoms with Crippen molar-refractivity contribution in [1.29, 1.82) is 0 Å². The Bertz CT molecular complexity index is 380. The molecule has 94 valence electrons. The zero-order valence-electron chi connectivity index (χ0n) is 9.88. The van der Waals surface area contributed by atoms with Crippen LogP contribution in [0.3, 0.4) is 0 Å². The van der Waals surface area contributed by atoms with E-state index in [1.807, 2.05) is 0 Å². The maximum atomic E-state index is 13.1. The predicted octanol–water partition coefficient (Wildman–Crippen LogP) is 3.17. The van der Waals surface area contributed by atoms with Gasteiger partial charge in [0.2, 0.25) is 0 Å². The molecule has 1 N–H and O–H groups in total. The summed E-state index contributed by atoms with van der Waals surface area (Å²) in [6.45, 7) is 4.50. The molecule has 0 saturated carbocycles. The molecule has 1 heterocycles. The van der Waals surface area contributed by atoms with E-state index in [2.05, 4.69) is 12.2 Å². The van der Waals surface area contributed by atoms with Gasteiger partial charge in [-0.3, -0.25) is 0 Å². The highest BCUT2D eigenvalue weighted by Gasteiger charge is 2.26. The molecule has 1 aromatic rings. The number of ether oxygens (including phenoxy) is 1. The second kappa shape index (κ2) is 5.80. The molecule has 0 amide bonds. The van der Waals surface area contributed by atoms with Gasteiger partial charge in [0.25, 0.3) is 0 Å². The molecule has 0 aliphatic carbocycles. The number of halogens is 2. The molecule has 2 atom stereocenters. The Kier molecular flexibility index (Phi) is 4.37. The van der Waals surface area contributed by atoms with E-state index in [4.69, 9.17) is 16.3 Å². The molecule has 2 nitrogen and oxygen atoms in total. The van der Waals surface area contributed by atoms with Gasteiger partial charge < -0.3 is 10.1 Å². The summed E-state index contributed by atoms with van der Waals surface area (Å²) < 4.78 is 18.6. The SMILES string of the molecule is CCNC(c1ccc(F)c(Cl)c1)C1CCOC1. The molecule has 1 saturated heterocycles. The van der Waals surface area contributed by atoms with Gasteiger partial charge in [-0.05, 0) is 30.7 Å². The van der Waals surface area contributed by atoms with Gasteiger partial charge in [-0.2, -0.15) is 0 Å². The van der Waals surface area contributed by atoms with Gasteiger partial charge in [-0.15, -0.1) is 0 Å². The van der Waals surface area contributed by atoms with Crippen LogP contribution >= 0.6 is 11.6 Å². The van der Waals surface area contributed by atoms with Crippen LogP contribution in [0.25, 0.3) is 0 Å². The summed E-state index contributed by atoms with van der Waals surface area (Å²) in [5.41, 5.74) is 1.04. The van der Waals surface area contributed by atoms with Crippen molar-refractivity contribution < 1.29 is 9.13 Å². The number of nitrogens with one attached hydrogen (secondary N) is 1. The molecular weight excluding hydrogens is 241 g/mol. The molecule has 1 aliphatic rings. The average molecular weight is 258 g/mol. The predicted molar refractivity (Wildman–Crippen MR) is 66.8 cm³/mol. The first-order valence-corrected chi connectivity index (χ1v) is 6.36. The topological polar surface area (TPSA) is 21.3 Å². The van der Waals surface area contributed by atoms with E-state index in [0.717, 1.165) is 31.7 Å². The molecule has 0 bridgehead atoms. The smallest absolute Gasteiger partial charge is 0.141 e. The molecule has 4 heteroatoms.